The lowest BCUT2D eigenvalue weighted by Crippen LogP contribution is -2.08. The molecule has 4 rings (SSSR count). The van der Waals surface area contributed by atoms with E-state index in [9.17, 15) is 9.18 Å². The zero-order valence-corrected chi connectivity index (χ0v) is 18.5. The van der Waals surface area contributed by atoms with E-state index in [-0.39, 0.29) is 28.5 Å². The summed E-state index contributed by atoms with van der Waals surface area (Å²) in [6.45, 7) is 0.946. The minimum Gasteiger partial charge on any atom is -0.487 e. The van der Waals surface area contributed by atoms with Gasteiger partial charge in [0.1, 0.15) is 24.8 Å². The van der Waals surface area contributed by atoms with E-state index in [1.54, 1.807) is 19.2 Å². The van der Waals surface area contributed by atoms with E-state index in [0.29, 0.717) is 30.1 Å². The van der Waals surface area contributed by atoms with Crippen LogP contribution in [-0.4, -0.2) is 36.1 Å². The number of ketones is 1. The molecule has 0 unspecified atom stereocenters. The van der Waals surface area contributed by atoms with Crippen molar-refractivity contribution in [1.29, 1.82) is 0 Å². The van der Waals surface area contributed by atoms with Crippen molar-refractivity contribution in [1.82, 2.24) is 9.97 Å². The number of hydrogen-bond acceptors (Lipinski definition) is 6. The van der Waals surface area contributed by atoms with Gasteiger partial charge in [-0.05, 0) is 35.9 Å². The molecule has 0 spiro atoms. The quantitative estimate of drug-likeness (QED) is 0.247. The van der Waals surface area contributed by atoms with E-state index in [4.69, 9.17) is 25.8 Å². The average Bonchev–Trinajstić information content (AvgIpc) is 2.84. The highest BCUT2D eigenvalue weighted by Crippen LogP contribution is 2.33. The molecule has 3 aromatic carbocycles. The summed E-state index contributed by atoms with van der Waals surface area (Å²) in [6.07, 6.45) is 1.49. The molecule has 6 nitrogen and oxygen atoms in total. The van der Waals surface area contributed by atoms with Gasteiger partial charge in [0, 0.05) is 12.7 Å². The highest BCUT2D eigenvalue weighted by Gasteiger charge is 2.22. The number of carbonyl (C=O) groups is 1. The van der Waals surface area contributed by atoms with E-state index in [0.717, 1.165) is 5.56 Å². The summed E-state index contributed by atoms with van der Waals surface area (Å²) in [5, 5.41) is -0.0845. The second-order valence-corrected chi connectivity index (χ2v) is 7.47. The highest BCUT2D eigenvalue weighted by atomic mass is 35.5. The summed E-state index contributed by atoms with van der Waals surface area (Å²) in [6, 6.07) is 16.8. The van der Waals surface area contributed by atoms with Gasteiger partial charge < -0.3 is 14.2 Å². The minimum atomic E-state index is -0.736. The molecule has 0 aliphatic rings. The van der Waals surface area contributed by atoms with Crippen LogP contribution in [0.3, 0.4) is 0 Å². The Kier molecular flexibility index (Phi) is 7.12. The summed E-state index contributed by atoms with van der Waals surface area (Å²) < 4.78 is 30.8. The third-order valence-electron chi connectivity index (χ3n) is 4.84. The number of benzene rings is 3. The van der Waals surface area contributed by atoms with Crippen LogP contribution in [0, 0.1) is 5.82 Å². The van der Waals surface area contributed by atoms with Gasteiger partial charge in [-0.15, -0.1) is 0 Å². The summed E-state index contributed by atoms with van der Waals surface area (Å²) in [7, 11) is 1.57. The molecule has 0 saturated heterocycles. The number of aromatic nitrogens is 2. The summed E-state index contributed by atoms with van der Waals surface area (Å²) >= 11 is 6.39. The van der Waals surface area contributed by atoms with Crippen molar-refractivity contribution in [3.05, 3.63) is 94.4 Å². The molecular formula is C25H20ClFN2O4. The minimum absolute atomic E-state index is 0.0845. The van der Waals surface area contributed by atoms with Crippen molar-refractivity contribution >= 4 is 28.4 Å². The molecule has 4 aromatic rings. The molecular weight excluding hydrogens is 447 g/mol. The van der Waals surface area contributed by atoms with Gasteiger partial charge in [0.25, 0.3) is 0 Å². The number of ether oxygens (including phenoxy) is 3. The maximum atomic E-state index is 14.7. The molecule has 1 heterocycles. The predicted octanol–water partition coefficient (Wildman–Crippen LogP) is 5.26. The van der Waals surface area contributed by atoms with Crippen molar-refractivity contribution < 1.29 is 23.4 Å². The molecule has 0 aliphatic carbocycles. The third kappa shape index (κ3) is 5.27. The first-order valence-electron chi connectivity index (χ1n) is 10.1. The fourth-order valence-electron chi connectivity index (χ4n) is 3.17. The van der Waals surface area contributed by atoms with Crippen molar-refractivity contribution in [3.63, 3.8) is 0 Å². The van der Waals surface area contributed by atoms with Gasteiger partial charge in [0.2, 0.25) is 5.88 Å². The van der Waals surface area contributed by atoms with Crippen LogP contribution in [0.25, 0.3) is 11.0 Å². The van der Waals surface area contributed by atoms with Crippen LogP contribution >= 0.6 is 11.6 Å². The number of fused-ring (bicyclic) bond motifs is 1. The monoisotopic (exact) mass is 466 g/mol. The van der Waals surface area contributed by atoms with Gasteiger partial charge in [-0.2, -0.15) is 0 Å². The standard InChI is InChI=1S/C25H20ClFN2O4/c1-31-11-12-32-22-14-28-19-9-7-17(13-20(19)29-22)25(30)23-18(27)8-10-21(24(23)26)33-15-16-5-3-2-4-6-16/h2-10,13-14H,11-12,15H2,1H3. The van der Waals surface area contributed by atoms with Crippen LogP contribution in [0.5, 0.6) is 11.6 Å². The lowest BCUT2D eigenvalue weighted by molar-refractivity contribution is 0.103. The second-order valence-electron chi connectivity index (χ2n) is 7.09. The number of rotatable bonds is 9. The van der Waals surface area contributed by atoms with Crippen molar-refractivity contribution in [2.75, 3.05) is 20.3 Å². The third-order valence-corrected chi connectivity index (χ3v) is 5.21. The molecule has 0 bridgehead atoms. The lowest BCUT2D eigenvalue weighted by atomic mass is 10.0. The van der Waals surface area contributed by atoms with Gasteiger partial charge >= 0.3 is 0 Å². The van der Waals surface area contributed by atoms with Crippen molar-refractivity contribution in [2.45, 2.75) is 6.61 Å². The smallest absolute Gasteiger partial charge is 0.232 e. The summed E-state index contributed by atoms with van der Waals surface area (Å²) in [5.41, 5.74) is 1.87. The predicted molar refractivity (Wildman–Crippen MR) is 123 cm³/mol. The fraction of sp³-hybridized carbons (Fsp3) is 0.160. The maximum Gasteiger partial charge on any atom is 0.232 e. The number of hydrogen-bond donors (Lipinski definition) is 0. The Morgan fingerprint density at radius 3 is 2.61 bits per heavy atom. The zero-order chi connectivity index (χ0) is 23.2. The molecule has 0 saturated carbocycles. The van der Waals surface area contributed by atoms with Gasteiger partial charge in [-0.1, -0.05) is 41.9 Å². The topological polar surface area (TPSA) is 70.5 Å². The molecule has 168 valence electrons. The molecule has 8 heteroatoms. The largest absolute Gasteiger partial charge is 0.487 e. The van der Waals surface area contributed by atoms with Crippen LogP contribution in [0.1, 0.15) is 21.5 Å². The number of carbonyl (C=O) groups excluding carboxylic acids is 1. The van der Waals surface area contributed by atoms with Crippen LogP contribution < -0.4 is 9.47 Å². The Labute approximate surface area is 194 Å². The number of methoxy groups -OCH3 is 1. The number of halogens is 2. The molecule has 0 N–H and O–H groups in total. The number of nitrogens with zero attached hydrogens (tertiary/aromatic N) is 2. The van der Waals surface area contributed by atoms with Gasteiger partial charge in [-0.3, -0.25) is 4.79 Å². The normalized spacial score (nSPS) is 10.9. The van der Waals surface area contributed by atoms with E-state index in [1.165, 1.54) is 24.4 Å². The van der Waals surface area contributed by atoms with E-state index in [1.807, 2.05) is 30.3 Å². The molecule has 0 radical (unpaired) electrons. The second kappa shape index (κ2) is 10.4. The average molecular weight is 467 g/mol. The van der Waals surface area contributed by atoms with E-state index in [2.05, 4.69) is 9.97 Å². The van der Waals surface area contributed by atoms with Crippen LogP contribution in [0.4, 0.5) is 4.39 Å². The van der Waals surface area contributed by atoms with Gasteiger partial charge in [0.05, 0.1) is 34.4 Å². The van der Waals surface area contributed by atoms with Gasteiger partial charge in [0.15, 0.2) is 5.78 Å². The SMILES string of the molecule is COCCOc1cnc2ccc(C(=O)c3c(F)ccc(OCc4ccccc4)c3Cl)cc2n1. The molecule has 0 aliphatic heterocycles. The Morgan fingerprint density at radius 2 is 1.82 bits per heavy atom. The van der Waals surface area contributed by atoms with Gasteiger partial charge in [-0.25, -0.2) is 14.4 Å². The fourth-order valence-corrected chi connectivity index (χ4v) is 3.46. The highest BCUT2D eigenvalue weighted by molar-refractivity contribution is 6.36. The van der Waals surface area contributed by atoms with Crippen molar-refractivity contribution in [3.8, 4) is 11.6 Å². The Bertz CT molecular complexity index is 1280. The maximum absolute atomic E-state index is 14.7. The molecule has 33 heavy (non-hydrogen) atoms. The van der Waals surface area contributed by atoms with Crippen LogP contribution in [-0.2, 0) is 11.3 Å². The van der Waals surface area contributed by atoms with E-state index < -0.39 is 11.6 Å². The molecule has 0 atom stereocenters. The first kappa shape index (κ1) is 22.6. The first-order chi connectivity index (χ1) is 16.1. The Hall–Kier alpha value is -3.55. The summed E-state index contributed by atoms with van der Waals surface area (Å²) in [5.74, 6) is -0.804. The van der Waals surface area contributed by atoms with E-state index >= 15 is 0 Å². The lowest BCUT2D eigenvalue weighted by Gasteiger charge is -2.12. The molecule has 0 amide bonds. The zero-order valence-electron chi connectivity index (χ0n) is 17.8. The Morgan fingerprint density at radius 1 is 1.00 bits per heavy atom. The molecule has 1 aromatic heterocycles. The first-order valence-corrected chi connectivity index (χ1v) is 10.5. The van der Waals surface area contributed by atoms with Crippen LogP contribution in [0.2, 0.25) is 5.02 Å². The summed E-state index contributed by atoms with van der Waals surface area (Å²) in [4.78, 5) is 21.8. The van der Waals surface area contributed by atoms with Crippen LogP contribution in [0.15, 0.2) is 66.9 Å². The van der Waals surface area contributed by atoms with Crippen molar-refractivity contribution in [2.24, 2.45) is 0 Å². The Balaban J connectivity index is 1.61. The molecule has 0 fully saturated rings.